The van der Waals surface area contributed by atoms with Crippen LogP contribution in [0.3, 0.4) is 0 Å². The summed E-state index contributed by atoms with van der Waals surface area (Å²) in [6.07, 6.45) is -0.224. The quantitative estimate of drug-likeness (QED) is 0.327. The summed E-state index contributed by atoms with van der Waals surface area (Å²) in [6.45, 7) is -0.360. The van der Waals surface area contributed by atoms with Crippen LogP contribution in [0.25, 0.3) is 0 Å². The molecule has 0 radical (unpaired) electrons. The van der Waals surface area contributed by atoms with Crippen molar-refractivity contribution in [2.75, 3.05) is 12.4 Å². The fourth-order valence-corrected chi connectivity index (χ4v) is 2.45. The highest BCUT2D eigenvalue weighted by atomic mass is 32.1. The average molecular weight is 280 g/mol. The Morgan fingerprint density at radius 3 is 2.06 bits per heavy atom. The van der Waals surface area contributed by atoms with Crippen LogP contribution < -0.4 is 0 Å². The number of unbranched alkanes of at least 4 members (excludes halogenated alkanes) is 3. The van der Waals surface area contributed by atoms with Crippen molar-refractivity contribution in [2.45, 2.75) is 62.6 Å². The molecular weight excluding hydrogens is 256 g/mol. The molecule has 0 aromatic rings. The number of ether oxygens (including phenoxy) is 1. The zero-order valence-electron chi connectivity index (χ0n) is 10.5. The van der Waals surface area contributed by atoms with Gasteiger partial charge >= 0.3 is 0 Å². The molecule has 1 aliphatic rings. The Bertz CT molecular complexity index is 227. The van der Waals surface area contributed by atoms with Gasteiger partial charge in [0.25, 0.3) is 0 Å². The van der Waals surface area contributed by atoms with Crippen molar-refractivity contribution in [3.63, 3.8) is 0 Å². The Kier molecular flexibility index (Phi) is 7.51. The van der Waals surface area contributed by atoms with Gasteiger partial charge in [0, 0.05) is 0 Å². The van der Waals surface area contributed by atoms with Gasteiger partial charge in [-0.05, 0) is 18.6 Å². The number of hydrogen-bond donors (Lipinski definition) is 5. The fourth-order valence-electron chi connectivity index (χ4n) is 2.23. The molecule has 6 heteroatoms. The summed E-state index contributed by atoms with van der Waals surface area (Å²) in [4.78, 5) is 0. The highest BCUT2D eigenvalue weighted by Gasteiger charge is 2.42. The van der Waals surface area contributed by atoms with Gasteiger partial charge in [-0.25, -0.2) is 0 Å². The van der Waals surface area contributed by atoms with Gasteiger partial charge in [-0.2, -0.15) is 12.6 Å². The van der Waals surface area contributed by atoms with Crippen LogP contribution in [-0.4, -0.2) is 63.3 Å². The molecule has 0 aromatic heterocycles. The molecule has 4 N–H and O–H groups in total. The predicted octanol–water partition coefficient (Wildman–Crippen LogP) is -0.291. The van der Waals surface area contributed by atoms with Crippen LogP contribution in [0.1, 0.15) is 32.1 Å². The molecule has 0 spiro atoms. The summed E-state index contributed by atoms with van der Waals surface area (Å²) in [5, 5.41) is 38.1. The molecule has 1 rings (SSSR count). The lowest BCUT2D eigenvalue weighted by Crippen LogP contribution is -2.58. The van der Waals surface area contributed by atoms with E-state index < -0.39 is 30.5 Å². The second-order valence-corrected chi connectivity index (χ2v) is 5.24. The van der Waals surface area contributed by atoms with Crippen LogP contribution >= 0.6 is 12.6 Å². The Balaban J connectivity index is 2.35. The fraction of sp³-hybridized carbons (Fsp3) is 1.00. The minimum atomic E-state index is -1.25. The first-order valence-electron chi connectivity index (χ1n) is 6.53. The number of aliphatic hydroxyl groups is 4. The van der Waals surface area contributed by atoms with E-state index in [1.54, 1.807) is 0 Å². The molecule has 5 nitrogen and oxygen atoms in total. The largest absolute Gasteiger partial charge is 0.394 e. The minimum Gasteiger partial charge on any atom is -0.394 e. The molecule has 18 heavy (non-hydrogen) atoms. The van der Waals surface area contributed by atoms with Crippen LogP contribution in [0.2, 0.25) is 0 Å². The minimum absolute atomic E-state index is 0.360. The van der Waals surface area contributed by atoms with Crippen molar-refractivity contribution in [1.29, 1.82) is 0 Å². The first-order valence-corrected chi connectivity index (χ1v) is 7.16. The van der Waals surface area contributed by atoms with E-state index in [1.165, 1.54) is 0 Å². The van der Waals surface area contributed by atoms with Gasteiger partial charge in [0.15, 0.2) is 0 Å². The van der Waals surface area contributed by atoms with Gasteiger partial charge in [0.2, 0.25) is 0 Å². The van der Waals surface area contributed by atoms with E-state index in [0.717, 1.165) is 31.4 Å². The van der Waals surface area contributed by atoms with Crippen molar-refractivity contribution in [3.8, 4) is 0 Å². The first-order chi connectivity index (χ1) is 8.61. The van der Waals surface area contributed by atoms with E-state index in [0.29, 0.717) is 6.42 Å². The second kappa shape index (κ2) is 8.35. The summed E-state index contributed by atoms with van der Waals surface area (Å²) in [7, 11) is 0. The Morgan fingerprint density at radius 2 is 1.44 bits per heavy atom. The third-order valence-electron chi connectivity index (χ3n) is 3.39. The Hall–Kier alpha value is 0.150. The summed E-state index contributed by atoms with van der Waals surface area (Å²) in [5.74, 6) is 0.875. The number of aliphatic hydroxyl groups excluding tert-OH is 4. The SMILES string of the molecule is OCC1O[C@@H](CCCCCCS)[C@@H](O)C(O)[C@H]1O. The summed E-state index contributed by atoms with van der Waals surface area (Å²) < 4.78 is 5.41. The molecule has 1 heterocycles. The highest BCUT2D eigenvalue weighted by Crippen LogP contribution is 2.24. The maximum atomic E-state index is 9.80. The molecule has 0 bridgehead atoms. The summed E-state index contributed by atoms with van der Waals surface area (Å²) in [5.41, 5.74) is 0. The lowest BCUT2D eigenvalue weighted by Gasteiger charge is -2.40. The van der Waals surface area contributed by atoms with Gasteiger partial charge in [-0.1, -0.05) is 19.3 Å². The molecule has 0 amide bonds. The normalized spacial score (nSPS) is 36.8. The maximum Gasteiger partial charge on any atom is 0.111 e. The van der Waals surface area contributed by atoms with Gasteiger partial charge in [-0.15, -0.1) is 0 Å². The van der Waals surface area contributed by atoms with Crippen molar-refractivity contribution in [3.05, 3.63) is 0 Å². The van der Waals surface area contributed by atoms with E-state index in [2.05, 4.69) is 12.6 Å². The lowest BCUT2D eigenvalue weighted by molar-refractivity contribution is -0.230. The molecule has 1 fully saturated rings. The van der Waals surface area contributed by atoms with Crippen molar-refractivity contribution >= 4 is 12.6 Å². The van der Waals surface area contributed by atoms with Crippen LogP contribution in [0, 0.1) is 0 Å². The third-order valence-corrected chi connectivity index (χ3v) is 3.70. The Morgan fingerprint density at radius 1 is 0.833 bits per heavy atom. The molecule has 1 saturated heterocycles. The zero-order valence-corrected chi connectivity index (χ0v) is 11.4. The van der Waals surface area contributed by atoms with Crippen molar-refractivity contribution < 1.29 is 25.2 Å². The van der Waals surface area contributed by atoms with Crippen molar-refractivity contribution in [1.82, 2.24) is 0 Å². The monoisotopic (exact) mass is 280 g/mol. The van der Waals surface area contributed by atoms with Crippen LogP contribution in [0.4, 0.5) is 0 Å². The molecule has 1 aliphatic heterocycles. The van der Waals surface area contributed by atoms with Crippen LogP contribution in [0.5, 0.6) is 0 Å². The summed E-state index contributed by atoms with van der Waals surface area (Å²) >= 11 is 4.13. The Labute approximate surface area is 113 Å². The van der Waals surface area contributed by atoms with Gasteiger partial charge < -0.3 is 25.2 Å². The van der Waals surface area contributed by atoms with E-state index in [9.17, 15) is 15.3 Å². The molecule has 0 aromatic carbocycles. The summed E-state index contributed by atoms with van der Waals surface area (Å²) in [6, 6.07) is 0. The van der Waals surface area contributed by atoms with Crippen LogP contribution in [-0.2, 0) is 4.74 Å². The van der Waals surface area contributed by atoms with E-state index in [1.807, 2.05) is 0 Å². The van der Waals surface area contributed by atoms with Crippen molar-refractivity contribution in [2.24, 2.45) is 0 Å². The molecule has 5 atom stereocenters. The van der Waals surface area contributed by atoms with Gasteiger partial charge in [0.05, 0.1) is 12.7 Å². The predicted molar refractivity (Wildman–Crippen MR) is 70.7 cm³/mol. The first kappa shape index (κ1) is 16.2. The average Bonchev–Trinajstić information content (AvgIpc) is 2.38. The number of thiol groups is 1. The van der Waals surface area contributed by atoms with Crippen LogP contribution in [0.15, 0.2) is 0 Å². The zero-order chi connectivity index (χ0) is 13.5. The van der Waals surface area contributed by atoms with E-state index >= 15 is 0 Å². The third kappa shape index (κ3) is 4.36. The maximum absolute atomic E-state index is 9.80. The standard InChI is InChI=1S/C12H24O5S/c13-7-9-11(15)12(16)10(14)8(17-9)5-3-1-2-4-6-18/h8-16,18H,1-7H2/t8-,9?,10+,11-,12?/m0/s1. The molecule has 2 unspecified atom stereocenters. The smallest absolute Gasteiger partial charge is 0.111 e. The number of rotatable bonds is 7. The van der Waals surface area contributed by atoms with E-state index in [4.69, 9.17) is 9.84 Å². The second-order valence-electron chi connectivity index (χ2n) is 4.79. The highest BCUT2D eigenvalue weighted by molar-refractivity contribution is 7.80. The van der Waals surface area contributed by atoms with Gasteiger partial charge in [-0.3, -0.25) is 0 Å². The van der Waals surface area contributed by atoms with E-state index in [-0.39, 0.29) is 6.61 Å². The van der Waals surface area contributed by atoms with Gasteiger partial charge in [0.1, 0.15) is 24.4 Å². The number of hydrogen-bond acceptors (Lipinski definition) is 6. The molecule has 0 aliphatic carbocycles. The molecule has 0 saturated carbocycles. The lowest BCUT2D eigenvalue weighted by atomic mass is 9.92. The molecule has 108 valence electrons. The molecular formula is C12H24O5S. The topological polar surface area (TPSA) is 90.2 Å².